The highest BCUT2D eigenvalue weighted by Crippen LogP contribution is 2.45. The summed E-state index contributed by atoms with van der Waals surface area (Å²) >= 11 is 0. The molecule has 0 aromatic carbocycles. The van der Waals surface area contributed by atoms with Gasteiger partial charge in [0.25, 0.3) is 0 Å². The number of carboxylic acids is 1. The highest BCUT2D eigenvalue weighted by atomic mass is 32.2. The number of aliphatic hydroxyl groups excluding tert-OH is 1. The van der Waals surface area contributed by atoms with Crippen LogP contribution in [0.1, 0.15) is 6.42 Å². The molecule has 2 amide bonds. The maximum absolute atomic E-state index is 11.9. The predicted octanol–water partition coefficient (Wildman–Crippen LogP) is -3.82. The van der Waals surface area contributed by atoms with Crippen molar-refractivity contribution in [1.29, 1.82) is 0 Å². The van der Waals surface area contributed by atoms with Crippen molar-refractivity contribution >= 4 is 27.8 Å². The van der Waals surface area contributed by atoms with E-state index in [2.05, 4.69) is 10.6 Å². The first-order valence-electron chi connectivity index (χ1n) is 6.95. The van der Waals surface area contributed by atoms with Crippen LogP contribution in [0, 0.1) is 11.8 Å². The number of nitrogens with two attached hydrogens (primary N) is 2. The molecule has 2 aliphatic rings. The number of carbonyl (C=O) groups excluding carboxylic acids is 2. The van der Waals surface area contributed by atoms with Crippen LogP contribution in [0.3, 0.4) is 0 Å². The number of primary amides is 1. The number of primary sulfonamides is 1. The summed E-state index contributed by atoms with van der Waals surface area (Å²) in [6, 6.07) is 0. The van der Waals surface area contributed by atoms with E-state index >= 15 is 0 Å². The van der Waals surface area contributed by atoms with Gasteiger partial charge in [0.1, 0.15) is 5.75 Å². The van der Waals surface area contributed by atoms with E-state index in [1.807, 2.05) is 0 Å². The molecule has 134 valence electrons. The number of hydrogen-bond donors (Lipinski definition) is 6. The summed E-state index contributed by atoms with van der Waals surface area (Å²) in [5, 5.41) is 29.5. The highest BCUT2D eigenvalue weighted by Gasteiger charge is 2.62. The van der Waals surface area contributed by atoms with Crippen LogP contribution in [-0.2, 0) is 24.4 Å². The average Bonchev–Trinajstić information content (AvgIpc) is 2.69. The lowest BCUT2D eigenvalue weighted by Crippen LogP contribution is -2.66. The van der Waals surface area contributed by atoms with Crippen molar-refractivity contribution in [2.75, 3.05) is 12.3 Å². The Morgan fingerprint density at radius 2 is 2.04 bits per heavy atom. The standard InChI is InChI=1S/C12H18N4O7S/c13-10(19)6-2-15-3-7-5(6)1-8(17)12(7,11(20)21)16-9(18)4-24(14,22)23/h2,5,7-8,15,17H,1,3-4H2,(H2,13,19)(H,16,18)(H,20,21)(H2,14,22,23)/t5-,7+,8-,12+/m0/s1. The minimum absolute atomic E-state index is 0.0421. The van der Waals surface area contributed by atoms with Crippen LogP contribution in [-0.4, -0.2) is 60.4 Å². The molecule has 4 atom stereocenters. The number of nitrogens with one attached hydrogen (secondary N) is 2. The number of amides is 2. The van der Waals surface area contributed by atoms with E-state index in [-0.39, 0.29) is 18.5 Å². The molecule has 8 N–H and O–H groups in total. The van der Waals surface area contributed by atoms with Gasteiger partial charge in [-0.25, -0.2) is 18.4 Å². The smallest absolute Gasteiger partial charge is 0.332 e. The Hall–Kier alpha value is -2.18. The van der Waals surface area contributed by atoms with Crippen molar-refractivity contribution in [3.05, 3.63) is 11.8 Å². The van der Waals surface area contributed by atoms with Crippen LogP contribution in [0.15, 0.2) is 11.8 Å². The van der Waals surface area contributed by atoms with Crippen LogP contribution in [0.25, 0.3) is 0 Å². The molecule has 0 saturated heterocycles. The van der Waals surface area contributed by atoms with Crippen molar-refractivity contribution < 1.29 is 33.0 Å². The van der Waals surface area contributed by atoms with Crippen LogP contribution in [0.4, 0.5) is 0 Å². The van der Waals surface area contributed by atoms with E-state index in [0.717, 1.165) is 0 Å². The van der Waals surface area contributed by atoms with Gasteiger partial charge in [-0.1, -0.05) is 0 Å². The van der Waals surface area contributed by atoms with E-state index in [1.165, 1.54) is 6.20 Å². The summed E-state index contributed by atoms with van der Waals surface area (Å²) in [6.45, 7) is 0.0421. The van der Waals surface area contributed by atoms with E-state index in [9.17, 15) is 33.0 Å². The lowest BCUT2D eigenvalue weighted by Gasteiger charge is -2.38. The minimum Gasteiger partial charge on any atom is -0.479 e. The van der Waals surface area contributed by atoms with Crippen molar-refractivity contribution in [3.8, 4) is 0 Å². The molecule has 1 fully saturated rings. The van der Waals surface area contributed by atoms with E-state index in [0.29, 0.717) is 0 Å². The molecule has 1 aliphatic heterocycles. The maximum atomic E-state index is 11.9. The second-order valence-corrected chi connectivity index (χ2v) is 7.48. The van der Waals surface area contributed by atoms with E-state index in [4.69, 9.17) is 10.9 Å². The number of aliphatic hydroxyl groups is 1. The van der Waals surface area contributed by atoms with Gasteiger partial charge in [-0.15, -0.1) is 0 Å². The highest BCUT2D eigenvalue weighted by molar-refractivity contribution is 7.89. The number of sulfonamides is 1. The topological polar surface area (TPSA) is 202 Å². The van der Waals surface area contributed by atoms with Gasteiger partial charge in [-0.05, 0) is 6.42 Å². The van der Waals surface area contributed by atoms with E-state index in [1.54, 1.807) is 0 Å². The Balaban J connectivity index is 2.39. The second kappa shape index (κ2) is 6.03. The normalized spacial score (nSPS) is 32.2. The zero-order chi connectivity index (χ0) is 18.3. The van der Waals surface area contributed by atoms with Crippen molar-refractivity contribution in [2.24, 2.45) is 22.7 Å². The van der Waals surface area contributed by atoms with Gasteiger partial charge in [0.05, 0.1) is 6.10 Å². The Morgan fingerprint density at radius 3 is 2.54 bits per heavy atom. The third-order valence-corrected chi connectivity index (χ3v) is 5.05. The quantitative estimate of drug-likeness (QED) is 0.285. The number of aliphatic carboxylic acids is 1. The third-order valence-electron chi connectivity index (χ3n) is 4.39. The summed E-state index contributed by atoms with van der Waals surface area (Å²) in [6.07, 6.45) is -0.319. The minimum atomic E-state index is -4.18. The first kappa shape index (κ1) is 18.2. The third kappa shape index (κ3) is 3.07. The maximum Gasteiger partial charge on any atom is 0.332 e. The second-order valence-electron chi connectivity index (χ2n) is 5.87. The molecular weight excluding hydrogens is 344 g/mol. The molecule has 0 spiro atoms. The van der Waals surface area contributed by atoms with Gasteiger partial charge in [0, 0.05) is 30.2 Å². The van der Waals surface area contributed by atoms with Crippen LogP contribution >= 0.6 is 0 Å². The predicted molar refractivity (Wildman–Crippen MR) is 79.4 cm³/mol. The monoisotopic (exact) mass is 362 g/mol. The SMILES string of the molecule is NC(=O)C1=CNC[C@@H]2[C@H]1C[C@H](O)[C@@]2(NC(=O)CS(N)(=O)=O)C(=O)O. The van der Waals surface area contributed by atoms with Gasteiger partial charge in [-0.3, -0.25) is 9.59 Å². The number of rotatable bonds is 5. The molecule has 1 heterocycles. The first-order valence-corrected chi connectivity index (χ1v) is 8.66. The zero-order valence-electron chi connectivity index (χ0n) is 12.4. The fourth-order valence-electron chi connectivity index (χ4n) is 3.44. The van der Waals surface area contributed by atoms with Gasteiger partial charge in [0.15, 0.2) is 5.54 Å². The molecule has 0 aromatic heterocycles. The number of fused-ring (bicyclic) bond motifs is 1. The molecule has 0 bridgehead atoms. The van der Waals surface area contributed by atoms with Gasteiger partial charge < -0.3 is 26.6 Å². The summed E-state index contributed by atoms with van der Waals surface area (Å²) in [5.41, 5.74) is 3.21. The zero-order valence-corrected chi connectivity index (χ0v) is 13.2. The number of carbonyl (C=O) groups is 3. The summed E-state index contributed by atoms with van der Waals surface area (Å²) in [7, 11) is -4.18. The van der Waals surface area contributed by atoms with Gasteiger partial charge >= 0.3 is 5.97 Å². The molecule has 24 heavy (non-hydrogen) atoms. The average molecular weight is 362 g/mol. The largest absolute Gasteiger partial charge is 0.479 e. The Morgan fingerprint density at radius 1 is 1.42 bits per heavy atom. The Kier molecular flexibility index (Phi) is 4.57. The fraction of sp³-hybridized carbons (Fsp3) is 0.583. The van der Waals surface area contributed by atoms with Crippen molar-refractivity contribution in [1.82, 2.24) is 10.6 Å². The summed E-state index contributed by atoms with van der Waals surface area (Å²) in [5.74, 6) is -6.20. The molecule has 1 saturated carbocycles. The molecule has 11 nitrogen and oxygen atoms in total. The molecule has 0 radical (unpaired) electrons. The van der Waals surface area contributed by atoms with Crippen LogP contribution in [0.2, 0.25) is 0 Å². The molecule has 0 unspecified atom stereocenters. The summed E-state index contributed by atoms with van der Waals surface area (Å²) < 4.78 is 22.0. The Labute approximate surface area is 137 Å². The van der Waals surface area contributed by atoms with Crippen LogP contribution < -0.4 is 21.5 Å². The summed E-state index contributed by atoms with van der Waals surface area (Å²) in [4.78, 5) is 35.2. The van der Waals surface area contributed by atoms with Gasteiger partial charge in [-0.2, -0.15) is 0 Å². The van der Waals surface area contributed by atoms with Crippen molar-refractivity contribution in [3.63, 3.8) is 0 Å². The fourth-order valence-corrected chi connectivity index (χ4v) is 3.88. The molecule has 1 aliphatic carbocycles. The lowest BCUT2D eigenvalue weighted by atomic mass is 9.77. The van der Waals surface area contributed by atoms with Gasteiger partial charge in [0.2, 0.25) is 21.8 Å². The lowest BCUT2D eigenvalue weighted by molar-refractivity contribution is -0.154. The van der Waals surface area contributed by atoms with Crippen LogP contribution in [0.5, 0.6) is 0 Å². The number of hydrogen-bond acceptors (Lipinski definition) is 7. The molecule has 12 heteroatoms. The molecular formula is C12H18N4O7S. The number of carboxylic acid groups (broad SMARTS) is 1. The Bertz CT molecular complexity index is 719. The molecule has 0 aromatic rings. The first-order chi connectivity index (χ1) is 11.0. The van der Waals surface area contributed by atoms with Crippen molar-refractivity contribution in [2.45, 2.75) is 18.1 Å². The van der Waals surface area contributed by atoms with E-state index < -0.39 is 57.0 Å². The molecule has 2 rings (SSSR count).